The van der Waals surface area contributed by atoms with Crippen molar-refractivity contribution in [1.29, 1.82) is 0 Å². The molecule has 0 radical (unpaired) electrons. The van der Waals surface area contributed by atoms with Gasteiger partial charge in [0.25, 0.3) is 0 Å². The molecular weight excluding hydrogens is 618 g/mol. The fraction of sp³-hybridized carbons (Fsp3) is 0.590. The number of hydrogen-bond acceptors (Lipinski definition) is 6. The van der Waals surface area contributed by atoms with Crippen molar-refractivity contribution in [2.45, 2.75) is 115 Å². The standard InChI is InChI=1S/C39H55N5O5/c1-27(42(5)38(48)49-39(2,3)4)35(45)41-34(30-18-10-7-11-19-30)37(47)44-24-23-43(25-28-15-8-6-9-16-28)26-33(44)36(46)40-32-22-14-20-29-17-12-13-21-31(29)32/h6,8-9,12-13,15-17,21,27,30,32-34H,7,10-11,14,18-20,22-26H2,1-5H3,(H,40,46)(H,41,45)/t27-,32+,33-,34-/m0/s1. The van der Waals surface area contributed by atoms with Crippen LogP contribution in [0.25, 0.3) is 0 Å². The van der Waals surface area contributed by atoms with Gasteiger partial charge in [-0.05, 0) is 82.4 Å². The van der Waals surface area contributed by atoms with Gasteiger partial charge >= 0.3 is 6.09 Å². The van der Waals surface area contributed by atoms with Gasteiger partial charge in [0.1, 0.15) is 23.7 Å². The molecule has 4 atom stereocenters. The molecule has 0 aromatic heterocycles. The summed E-state index contributed by atoms with van der Waals surface area (Å²) < 4.78 is 5.49. The average Bonchev–Trinajstić information content (AvgIpc) is 3.09. The lowest BCUT2D eigenvalue weighted by atomic mass is 9.82. The SMILES string of the molecule is C[C@@H](C(=O)N[C@H](C(=O)N1CCN(Cc2ccccc2)C[C@H]1C(=O)N[C@@H]1CCCc2ccccc21)C1CCCCC1)N(C)C(=O)OC(C)(C)C. The fourth-order valence-electron chi connectivity index (χ4n) is 7.45. The Labute approximate surface area is 291 Å². The van der Waals surface area contributed by atoms with Crippen LogP contribution in [0.3, 0.4) is 0 Å². The molecule has 2 fully saturated rings. The predicted octanol–water partition coefficient (Wildman–Crippen LogP) is 5.21. The van der Waals surface area contributed by atoms with Gasteiger partial charge in [0.15, 0.2) is 0 Å². The lowest BCUT2D eigenvalue weighted by molar-refractivity contribution is -0.149. The Morgan fingerprint density at radius 3 is 2.33 bits per heavy atom. The molecule has 4 amide bonds. The number of carbonyl (C=O) groups is 4. The van der Waals surface area contributed by atoms with Crippen LogP contribution in [0.5, 0.6) is 0 Å². The summed E-state index contributed by atoms with van der Waals surface area (Å²) in [6.07, 6.45) is 6.91. The monoisotopic (exact) mass is 673 g/mol. The quantitative estimate of drug-likeness (QED) is 0.378. The number of piperazine rings is 1. The first-order valence-electron chi connectivity index (χ1n) is 18.1. The van der Waals surface area contributed by atoms with Crippen molar-refractivity contribution in [1.82, 2.24) is 25.3 Å². The first-order chi connectivity index (χ1) is 23.4. The molecule has 2 aromatic carbocycles. The number of hydrogen-bond donors (Lipinski definition) is 2. The lowest BCUT2D eigenvalue weighted by Crippen LogP contribution is -2.65. The highest BCUT2D eigenvalue weighted by molar-refractivity contribution is 5.94. The molecule has 1 heterocycles. The Bertz CT molecular complexity index is 1450. The highest BCUT2D eigenvalue weighted by Gasteiger charge is 2.42. The molecule has 0 unspecified atom stereocenters. The van der Waals surface area contributed by atoms with Gasteiger partial charge in [-0.2, -0.15) is 0 Å². The maximum absolute atomic E-state index is 14.7. The zero-order valence-corrected chi connectivity index (χ0v) is 30.0. The number of fused-ring (bicyclic) bond motifs is 1. The summed E-state index contributed by atoms with van der Waals surface area (Å²) >= 11 is 0. The highest BCUT2D eigenvalue weighted by Crippen LogP contribution is 2.31. The van der Waals surface area contributed by atoms with Crippen molar-refractivity contribution in [3.63, 3.8) is 0 Å². The first-order valence-corrected chi connectivity index (χ1v) is 18.1. The van der Waals surface area contributed by atoms with Crippen LogP contribution < -0.4 is 10.6 Å². The topological polar surface area (TPSA) is 111 Å². The number of carbonyl (C=O) groups excluding carboxylic acids is 4. The molecule has 1 saturated carbocycles. The van der Waals surface area contributed by atoms with Gasteiger partial charge in [-0.15, -0.1) is 0 Å². The second-order valence-electron chi connectivity index (χ2n) is 15.1. The van der Waals surface area contributed by atoms with E-state index in [0.29, 0.717) is 26.2 Å². The summed E-state index contributed by atoms with van der Waals surface area (Å²) in [6.45, 7) is 9.03. The molecule has 5 rings (SSSR count). The van der Waals surface area contributed by atoms with Crippen molar-refractivity contribution in [3.8, 4) is 0 Å². The number of nitrogens with zero attached hydrogens (tertiary/aromatic N) is 3. The largest absolute Gasteiger partial charge is 0.444 e. The average molecular weight is 674 g/mol. The fourth-order valence-corrected chi connectivity index (χ4v) is 7.45. The predicted molar refractivity (Wildman–Crippen MR) is 189 cm³/mol. The van der Waals surface area contributed by atoms with Gasteiger partial charge in [0.05, 0.1) is 6.04 Å². The van der Waals surface area contributed by atoms with Crippen LogP contribution in [0.4, 0.5) is 4.79 Å². The highest BCUT2D eigenvalue weighted by atomic mass is 16.6. The minimum Gasteiger partial charge on any atom is -0.444 e. The molecule has 10 heteroatoms. The van der Waals surface area contributed by atoms with E-state index in [0.717, 1.165) is 62.5 Å². The summed E-state index contributed by atoms with van der Waals surface area (Å²) in [5, 5.41) is 6.39. The Morgan fingerprint density at radius 2 is 1.61 bits per heavy atom. The van der Waals surface area contributed by atoms with E-state index >= 15 is 0 Å². The Kier molecular flexibility index (Phi) is 12.0. The van der Waals surface area contributed by atoms with Gasteiger partial charge in [-0.25, -0.2) is 4.79 Å². The molecule has 0 bridgehead atoms. The smallest absolute Gasteiger partial charge is 0.410 e. The molecule has 3 aliphatic rings. The van der Waals surface area contributed by atoms with E-state index in [1.807, 2.05) is 30.3 Å². The van der Waals surface area contributed by atoms with E-state index in [1.54, 1.807) is 32.6 Å². The van der Waals surface area contributed by atoms with Crippen LogP contribution in [-0.4, -0.2) is 88.9 Å². The van der Waals surface area contributed by atoms with Gasteiger partial charge in [-0.1, -0.05) is 73.9 Å². The van der Waals surface area contributed by atoms with Crippen LogP contribution in [0.15, 0.2) is 54.6 Å². The van der Waals surface area contributed by atoms with Crippen LogP contribution in [0, 0.1) is 5.92 Å². The number of likely N-dealkylation sites (N-methyl/N-ethyl adjacent to an activating group) is 1. The first kappa shape index (κ1) is 36.4. The van der Waals surface area contributed by atoms with Crippen LogP contribution in [0.1, 0.15) is 95.4 Å². The third kappa shape index (κ3) is 9.41. The van der Waals surface area contributed by atoms with Gasteiger partial charge < -0.3 is 20.3 Å². The molecule has 49 heavy (non-hydrogen) atoms. The second kappa shape index (κ2) is 16.2. The summed E-state index contributed by atoms with van der Waals surface area (Å²) in [7, 11) is 1.53. The normalized spacial score (nSPS) is 21.5. The molecule has 2 N–H and O–H groups in total. The Hall–Kier alpha value is -3.92. The number of amides is 4. The maximum atomic E-state index is 14.7. The molecule has 2 aromatic rings. The third-order valence-electron chi connectivity index (χ3n) is 10.3. The minimum atomic E-state index is -0.859. The van der Waals surface area contributed by atoms with Crippen molar-refractivity contribution >= 4 is 23.8 Å². The van der Waals surface area contributed by atoms with Crippen LogP contribution in [-0.2, 0) is 32.1 Å². The lowest BCUT2D eigenvalue weighted by Gasteiger charge is -2.44. The van der Waals surface area contributed by atoms with Crippen molar-refractivity contribution in [3.05, 3.63) is 71.3 Å². The summed E-state index contributed by atoms with van der Waals surface area (Å²) in [5.41, 5.74) is 2.84. The minimum absolute atomic E-state index is 0.0551. The third-order valence-corrected chi connectivity index (χ3v) is 10.3. The molecule has 1 aliphatic heterocycles. The van der Waals surface area contributed by atoms with E-state index < -0.39 is 35.7 Å². The molecule has 1 saturated heterocycles. The van der Waals surface area contributed by atoms with Crippen LogP contribution >= 0.6 is 0 Å². The Balaban J connectivity index is 1.38. The zero-order valence-electron chi connectivity index (χ0n) is 30.0. The summed E-state index contributed by atoms with van der Waals surface area (Å²) in [5.74, 6) is -0.865. The molecule has 0 spiro atoms. The number of benzene rings is 2. The van der Waals surface area contributed by atoms with Gasteiger partial charge in [-0.3, -0.25) is 24.2 Å². The number of aryl methyl sites for hydroxylation is 1. The van der Waals surface area contributed by atoms with Gasteiger partial charge in [0.2, 0.25) is 17.7 Å². The zero-order chi connectivity index (χ0) is 35.1. The second-order valence-corrected chi connectivity index (χ2v) is 15.1. The van der Waals surface area contributed by atoms with Gasteiger partial charge in [0, 0.05) is 33.2 Å². The van der Waals surface area contributed by atoms with E-state index in [-0.39, 0.29) is 23.8 Å². The van der Waals surface area contributed by atoms with Crippen molar-refractivity contribution in [2.75, 3.05) is 26.7 Å². The number of rotatable bonds is 9. The summed E-state index contributed by atoms with van der Waals surface area (Å²) in [4.78, 5) is 60.8. The Morgan fingerprint density at radius 1 is 0.918 bits per heavy atom. The molecular formula is C39H55N5O5. The van der Waals surface area contributed by atoms with E-state index in [4.69, 9.17) is 4.74 Å². The van der Waals surface area contributed by atoms with E-state index in [2.05, 4.69) is 39.8 Å². The molecule has 2 aliphatic carbocycles. The number of nitrogens with one attached hydrogen (secondary N) is 2. The van der Waals surface area contributed by atoms with E-state index in [1.165, 1.54) is 17.5 Å². The van der Waals surface area contributed by atoms with Crippen molar-refractivity contribution in [2.24, 2.45) is 5.92 Å². The summed E-state index contributed by atoms with van der Waals surface area (Å²) in [6, 6.07) is 16.0. The number of ether oxygens (including phenoxy) is 1. The van der Waals surface area contributed by atoms with E-state index in [9.17, 15) is 19.2 Å². The maximum Gasteiger partial charge on any atom is 0.410 e. The molecule has 266 valence electrons. The van der Waals surface area contributed by atoms with Crippen LogP contribution in [0.2, 0.25) is 0 Å². The molecule has 10 nitrogen and oxygen atoms in total. The van der Waals surface area contributed by atoms with Crippen molar-refractivity contribution < 1.29 is 23.9 Å².